The van der Waals surface area contributed by atoms with Crippen molar-refractivity contribution in [2.75, 3.05) is 36.6 Å². The summed E-state index contributed by atoms with van der Waals surface area (Å²) >= 11 is 6.03. The molecule has 2 atom stereocenters. The molecule has 9 nitrogen and oxygen atoms in total. The van der Waals surface area contributed by atoms with Crippen LogP contribution in [0.2, 0.25) is 5.02 Å². The van der Waals surface area contributed by atoms with Gasteiger partial charge in [-0.15, -0.1) is 0 Å². The standard InChI is InChI=1S/C31H29ClN2O7/c1-19-15-23(8-10-26(19)34-30(37)24-9-7-22(32)18-25(24)31(34)38)33-29(36)27-16-21(20-5-3-2-4-6-20)17-28(41-27)40-14-13-39-12-11-35/h2-10,15-16,18,21,28,35H,11-14,17H2,1H3,(H,33,36). The number of aryl methyl sites for hydroxylation is 1. The van der Waals surface area contributed by atoms with Gasteiger partial charge in [0.1, 0.15) is 0 Å². The molecule has 2 unspecified atom stereocenters. The molecular weight excluding hydrogens is 548 g/mol. The van der Waals surface area contributed by atoms with Crippen molar-refractivity contribution in [3.8, 4) is 0 Å². The second-order valence-electron chi connectivity index (χ2n) is 9.63. The van der Waals surface area contributed by atoms with Crippen LogP contribution >= 0.6 is 11.6 Å². The molecule has 2 N–H and O–H groups in total. The molecule has 3 amide bonds. The van der Waals surface area contributed by atoms with E-state index in [0.29, 0.717) is 33.9 Å². The highest BCUT2D eigenvalue weighted by Crippen LogP contribution is 2.34. The molecule has 0 fully saturated rings. The number of hydrogen-bond acceptors (Lipinski definition) is 7. The van der Waals surface area contributed by atoms with Crippen molar-refractivity contribution >= 4 is 40.7 Å². The Morgan fingerprint density at radius 2 is 1.80 bits per heavy atom. The van der Waals surface area contributed by atoms with E-state index >= 15 is 0 Å². The number of rotatable bonds is 10. The Morgan fingerprint density at radius 1 is 1.02 bits per heavy atom. The van der Waals surface area contributed by atoms with Gasteiger partial charge in [0.25, 0.3) is 17.7 Å². The fraction of sp³-hybridized carbons (Fsp3) is 0.258. The monoisotopic (exact) mass is 576 g/mol. The zero-order chi connectivity index (χ0) is 28.9. The number of imide groups is 1. The van der Waals surface area contributed by atoms with Crippen LogP contribution in [0.4, 0.5) is 11.4 Å². The molecule has 3 aromatic carbocycles. The molecule has 2 heterocycles. The lowest BCUT2D eigenvalue weighted by Gasteiger charge is -2.29. The normalized spacial score (nSPS) is 18.1. The number of ether oxygens (including phenoxy) is 3. The summed E-state index contributed by atoms with van der Waals surface area (Å²) in [7, 11) is 0. The molecule has 0 saturated heterocycles. The summed E-state index contributed by atoms with van der Waals surface area (Å²) in [5.74, 6) is -1.33. The van der Waals surface area contributed by atoms with Crippen LogP contribution < -0.4 is 10.2 Å². The molecule has 0 bridgehead atoms. The summed E-state index contributed by atoms with van der Waals surface area (Å²) in [6, 6.07) is 19.3. The minimum Gasteiger partial charge on any atom is -0.459 e. The first kappa shape index (κ1) is 28.5. The molecular formula is C31H29ClN2O7. The SMILES string of the molecule is Cc1cc(NC(=O)C2=CC(c3ccccc3)CC(OCCOCCO)O2)ccc1N1C(=O)c2ccc(Cl)cc2C1=O. The summed E-state index contributed by atoms with van der Waals surface area (Å²) < 4.78 is 17.0. The number of nitrogens with one attached hydrogen (secondary N) is 1. The highest BCUT2D eigenvalue weighted by atomic mass is 35.5. The van der Waals surface area contributed by atoms with Gasteiger partial charge in [-0.05, 0) is 60.5 Å². The van der Waals surface area contributed by atoms with Crippen LogP contribution in [0.5, 0.6) is 0 Å². The molecule has 5 rings (SSSR count). The lowest BCUT2D eigenvalue weighted by molar-refractivity contribution is -0.148. The maximum atomic E-state index is 13.3. The molecule has 2 aliphatic rings. The highest BCUT2D eigenvalue weighted by Gasteiger charge is 2.37. The largest absolute Gasteiger partial charge is 0.459 e. The quantitative estimate of drug-likeness (QED) is 0.262. The Hall–Kier alpha value is -4.02. The van der Waals surface area contributed by atoms with Gasteiger partial charge in [-0.3, -0.25) is 14.4 Å². The van der Waals surface area contributed by atoms with Crippen molar-refractivity contribution in [2.45, 2.75) is 25.6 Å². The summed E-state index contributed by atoms with van der Waals surface area (Å²) in [4.78, 5) is 40.4. The van der Waals surface area contributed by atoms with Crippen LogP contribution in [0.15, 0.2) is 78.6 Å². The first-order chi connectivity index (χ1) is 19.9. The third-order valence-corrected chi connectivity index (χ3v) is 7.06. The number of aliphatic hydroxyl groups excluding tert-OH is 1. The van der Waals surface area contributed by atoms with Crippen molar-refractivity contribution in [3.05, 3.63) is 106 Å². The third-order valence-electron chi connectivity index (χ3n) is 6.82. The number of halogens is 1. The van der Waals surface area contributed by atoms with Gasteiger partial charge in [-0.2, -0.15) is 0 Å². The lowest BCUT2D eigenvalue weighted by Crippen LogP contribution is -2.31. The van der Waals surface area contributed by atoms with E-state index < -0.39 is 24.0 Å². The zero-order valence-electron chi connectivity index (χ0n) is 22.3. The average Bonchev–Trinajstić information content (AvgIpc) is 3.22. The highest BCUT2D eigenvalue weighted by molar-refractivity contribution is 6.37. The van der Waals surface area contributed by atoms with E-state index in [1.165, 1.54) is 6.07 Å². The van der Waals surface area contributed by atoms with E-state index in [1.54, 1.807) is 43.3 Å². The van der Waals surface area contributed by atoms with Crippen LogP contribution in [0, 0.1) is 6.92 Å². The Labute approximate surface area is 242 Å². The van der Waals surface area contributed by atoms with Crippen LogP contribution in [0.25, 0.3) is 0 Å². The number of fused-ring (bicyclic) bond motifs is 1. The topological polar surface area (TPSA) is 114 Å². The van der Waals surface area contributed by atoms with Gasteiger partial charge in [-0.25, -0.2) is 4.90 Å². The van der Waals surface area contributed by atoms with Gasteiger partial charge in [0, 0.05) is 23.0 Å². The van der Waals surface area contributed by atoms with E-state index in [1.807, 2.05) is 30.3 Å². The van der Waals surface area contributed by atoms with Crippen LogP contribution in [-0.4, -0.2) is 55.5 Å². The Kier molecular flexibility index (Phi) is 8.80. The Bertz CT molecular complexity index is 1490. The second kappa shape index (κ2) is 12.7. The fourth-order valence-electron chi connectivity index (χ4n) is 4.86. The molecule has 0 radical (unpaired) electrons. The van der Waals surface area contributed by atoms with Gasteiger partial charge < -0.3 is 24.6 Å². The van der Waals surface area contributed by atoms with Crippen molar-refractivity contribution in [3.63, 3.8) is 0 Å². The van der Waals surface area contributed by atoms with Crippen LogP contribution in [0.1, 0.15) is 44.2 Å². The third kappa shape index (κ3) is 6.34. The number of carbonyl (C=O) groups excluding carboxylic acids is 3. The summed E-state index contributed by atoms with van der Waals surface area (Å²) in [6.07, 6.45) is 1.62. The van der Waals surface area contributed by atoms with Gasteiger partial charge >= 0.3 is 0 Å². The maximum Gasteiger partial charge on any atom is 0.290 e. The maximum absolute atomic E-state index is 13.3. The number of allylic oxidation sites excluding steroid dienone is 1. The smallest absolute Gasteiger partial charge is 0.290 e. The number of anilines is 2. The number of carbonyl (C=O) groups is 3. The van der Waals surface area contributed by atoms with Crippen molar-refractivity contribution < 1.29 is 33.7 Å². The minimum atomic E-state index is -0.671. The molecule has 3 aromatic rings. The zero-order valence-corrected chi connectivity index (χ0v) is 23.1. The number of aliphatic hydroxyl groups is 1. The van der Waals surface area contributed by atoms with Gasteiger partial charge in [0.15, 0.2) is 5.76 Å². The molecule has 0 spiro atoms. The van der Waals surface area contributed by atoms with Gasteiger partial charge in [0.2, 0.25) is 6.29 Å². The number of amides is 3. The minimum absolute atomic E-state index is 0.0727. The molecule has 212 valence electrons. The number of benzene rings is 3. The number of hydrogen-bond donors (Lipinski definition) is 2. The summed E-state index contributed by atoms with van der Waals surface area (Å²) in [5, 5.41) is 12.1. The predicted octanol–water partition coefficient (Wildman–Crippen LogP) is 4.83. The second-order valence-corrected chi connectivity index (χ2v) is 10.1. The molecule has 0 aromatic heterocycles. The molecule has 10 heteroatoms. The number of nitrogens with zero attached hydrogens (tertiary/aromatic N) is 1. The van der Waals surface area contributed by atoms with Gasteiger partial charge in [0.05, 0.1) is 43.2 Å². The van der Waals surface area contributed by atoms with E-state index in [9.17, 15) is 14.4 Å². The van der Waals surface area contributed by atoms with E-state index in [-0.39, 0.29) is 43.7 Å². The van der Waals surface area contributed by atoms with Crippen molar-refractivity contribution in [2.24, 2.45) is 0 Å². The summed E-state index contributed by atoms with van der Waals surface area (Å²) in [6.45, 7) is 2.43. The molecule has 2 aliphatic heterocycles. The first-order valence-corrected chi connectivity index (χ1v) is 13.6. The molecule has 41 heavy (non-hydrogen) atoms. The summed E-state index contributed by atoms with van der Waals surface area (Å²) in [5.41, 5.74) is 3.08. The van der Waals surface area contributed by atoms with E-state index in [2.05, 4.69) is 5.32 Å². The Balaban J connectivity index is 1.31. The molecule has 0 saturated carbocycles. The van der Waals surface area contributed by atoms with Crippen molar-refractivity contribution in [1.82, 2.24) is 0 Å². The van der Waals surface area contributed by atoms with Crippen molar-refractivity contribution in [1.29, 1.82) is 0 Å². The Morgan fingerprint density at radius 3 is 2.56 bits per heavy atom. The predicted molar refractivity (Wildman–Crippen MR) is 153 cm³/mol. The lowest BCUT2D eigenvalue weighted by atomic mass is 9.93. The first-order valence-electron chi connectivity index (χ1n) is 13.2. The fourth-order valence-corrected chi connectivity index (χ4v) is 5.04. The van der Waals surface area contributed by atoms with Crippen LogP contribution in [-0.2, 0) is 19.0 Å². The van der Waals surface area contributed by atoms with Gasteiger partial charge in [-0.1, -0.05) is 41.9 Å². The van der Waals surface area contributed by atoms with E-state index in [4.69, 9.17) is 30.9 Å². The molecule has 0 aliphatic carbocycles. The van der Waals surface area contributed by atoms with E-state index in [0.717, 1.165) is 10.5 Å². The average molecular weight is 577 g/mol. The van der Waals surface area contributed by atoms with Crippen LogP contribution in [0.3, 0.4) is 0 Å².